The largest absolute Gasteiger partial charge is 0.489 e. The van der Waals surface area contributed by atoms with Crippen LogP contribution in [0.3, 0.4) is 0 Å². The Bertz CT molecular complexity index is 994. The molecule has 136 valence electrons. The summed E-state index contributed by atoms with van der Waals surface area (Å²) in [7, 11) is 1.33. The first-order chi connectivity index (χ1) is 13.1. The van der Waals surface area contributed by atoms with Crippen molar-refractivity contribution >= 4 is 17.5 Å². The van der Waals surface area contributed by atoms with E-state index in [2.05, 4.69) is 0 Å². The topological polar surface area (TPSA) is 78.9 Å². The smallest absolute Gasteiger partial charge is 0.337 e. The van der Waals surface area contributed by atoms with Gasteiger partial charge in [-0.2, -0.15) is 0 Å². The van der Waals surface area contributed by atoms with E-state index in [9.17, 15) is 14.4 Å². The molecular formula is C21H16O6. The van der Waals surface area contributed by atoms with E-state index in [1.54, 1.807) is 42.5 Å². The first-order valence-electron chi connectivity index (χ1n) is 8.78. The van der Waals surface area contributed by atoms with Gasteiger partial charge in [-0.05, 0) is 18.2 Å². The highest BCUT2D eigenvalue weighted by molar-refractivity contribution is 6.17. The Kier molecular flexibility index (Phi) is 3.45. The number of carbonyl (C=O) groups is 3. The summed E-state index contributed by atoms with van der Waals surface area (Å²) in [6.07, 6.45) is -1.32. The van der Waals surface area contributed by atoms with Gasteiger partial charge in [0.15, 0.2) is 11.6 Å². The van der Waals surface area contributed by atoms with E-state index in [1.807, 2.05) is 0 Å². The Labute approximate surface area is 155 Å². The number of hydrogen-bond acceptors (Lipinski definition) is 6. The summed E-state index contributed by atoms with van der Waals surface area (Å²) in [6.45, 7) is 0.255. The first-order valence-corrected chi connectivity index (χ1v) is 8.78. The fourth-order valence-corrected chi connectivity index (χ4v) is 4.36. The van der Waals surface area contributed by atoms with Crippen molar-refractivity contribution in [1.29, 1.82) is 0 Å². The van der Waals surface area contributed by atoms with Crippen LogP contribution in [0.25, 0.3) is 0 Å². The van der Waals surface area contributed by atoms with Gasteiger partial charge < -0.3 is 14.2 Å². The van der Waals surface area contributed by atoms with Gasteiger partial charge in [-0.1, -0.05) is 24.3 Å². The lowest BCUT2D eigenvalue weighted by atomic mass is 9.72. The summed E-state index contributed by atoms with van der Waals surface area (Å²) in [5, 5.41) is 0. The summed E-state index contributed by atoms with van der Waals surface area (Å²) >= 11 is 0. The number of ether oxygens (including phenoxy) is 3. The van der Waals surface area contributed by atoms with Crippen LogP contribution in [-0.2, 0) is 9.47 Å². The summed E-state index contributed by atoms with van der Waals surface area (Å²) < 4.78 is 16.7. The van der Waals surface area contributed by atoms with Gasteiger partial charge in [0.1, 0.15) is 18.0 Å². The predicted octanol–water partition coefficient (Wildman–Crippen LogP) is 2.41. The van der Waals surface area contributed by atoms with E-state index in [0.29, 0.717) is 22.4 Å². The molecule has 0 radical (unpaired) electrons. The molecule has 1 saturated heterocycles. The molecule has 4 atom stereocenters. The summed E-state index contributed by atoms with van der Waals surface area (Å²) in [6, 6.07) is 11.9. The van der Waals surface area contributed by atoms with Crippen LogP contribution in [-0.4, -0.2) is 43.5 Å². The second-order valence-electron chi connectivity index (χ2n) is 6.99. The molecule has 2 aromatic carbocycles. The summed E-state index contributed by atoms with van der Waals surface area (Å²) in [5.74, 6) is -1.04. The maximum Gasteiger partial charge on any atom is 0.337 e. The van der Waals surface area contributed by atoms with Crippen molar-refractivity contribution in [3.8, 4) is 5.75 Å². The zero-order valence-electron chi connectivity index (χ0n) is 14.5. The quantitative estimate of drug-likeness (QED) is 0.723. The van der Waals surface area contributed by atoms with Crippen molar-refractivity contribution in [2.24, 2.45) is 5.92 Å². The minimum atomic E-state index is -0.831. The van der Waals surface area contributed by atoms with Gasteiger partial charge in [-0.3, -0.25) is 9.59 Å². The number of hydrogen-bond donors (Lipinski definition) is 0. The van der Waals surface area contributed by atoms with Crippen molar-refractivity contribution in [2.45, 2.75) is 18.1 Å². The Balaban J connectivity index is 1.55. The lowest BCUT2D eigenvalue weighted by Gasteiger charge is -2.40. The molecule has 27 heavy (non-hydrogen) atoms. The van der Waals surface area contributed by atoms with Crippen LogP contribution in [0.1, 0.15) is 42.6 Å². The van der Waals surface area contributed by atoms with Crippen molar-refractivity contribution < 1.29 is 28.6 Å². The van der Waals surface area contributed by atoms with Gasteiger partial charge in [-0.25, -0.2) is 4.79 Å². The highest BCUT2D eigenvalue weighted by atomic mass is 16.5. The fourth-order valence-electron chi connectivity index (χ4n) is 4.36. The Morgan fingerprint density at radius 2 is 1.81 bits per heavy atom. The predicted molar refractivity (Wildman–Crippen MR) is 93.3 cm³/mol. The number of fused-ring (bicyclic) bond motifs is 6. The molecular weight excluding hydrogens is 348 g/mol. The van der Waals surface area contributed by atoms with Crippen LogP contribution in [0.5, 0.6) is 5.75 Å². The Morgan fingerprint density at radius 1 is 1.07 bits per heavy atom. The molecule has 2 aliphatic heterocycles. The zero-order valence-corrected chi connectivity index (χ0v) is 14.5. The number of rotatable bonds is 1. The average Bonchev–Trinajstić information content (AvgIpc) is 3.08. The molecule has 1 fully saturated rings. The van der Waals surface area contributed by atoms with Crippen molar-refractivity contribution in [3.05, 3.63) is 64.7 Å². The number of carbonyl (C=O) groups excluding carboxylic acids is 3. The third-order valence-electron chi connectivity index (χ3n) is 5.64. The Morgan fingerprint density at radius 3 is 2.56 bits per heavy atom. The molecule has 6 heteroatoms. The SMILES string of the molecule is COC(=O)c1ccc2c(c1)[C@H]1COC3C(=O)c4ccccc4C(=O)C3[C@H]1O2. The van der Waals surface area contributed by atoms with Crippen LogP contribution in [0.15, 0.2) is 42.5 Å². The Hall–Kier alpha value is -2.99. The van der Waals surface area contributed by atoms with Gasteiger partial charge in [0.2, 0.25) is 0 Å². The molecule has 0 spiro atoms. The minimum absolute atomic E-state index is 0.133. The molecule has 5 rings (SSSR count). The molecule has 0 bridgehead atoms. The zero-order chi connectivity index (χ0) is 18.7. The second-order valence-corrected chi connectivity index (χ2v) is 6.99. The van der Waals surface area contributed by atoms with E-state index >= 15 is 0 Å². The molecule has 0 N–H and O–H groups in total. The normalized spacial score (nSPS) is 27.7. The number of benzene rings is 2. The average molecular weight is 364 g/mol. The lowest BCUT2D eigenvalue weighted by Crippen LogP contribution is -2.54. The molecule has 0 amide bonds. The van der Waals surface area contributed by atoms with Crippen LogP contribution in [0.2, 0.25) is 0 Å². The van der Waals surface area contributed by atoms with E-state index < -0.39 is 24.1 Å². The highest BCUT2D eigenvalue weighted by Crippen LogP contribution is 2.48. The first kappa shape index (κ1) is 16.2. The molecule has 1 aliphatic carbocycles. The third kappa shape index (κ3) is 2.20. The molecule has 6 nitrogen and oxygen atoms in total. The standard InChI is InChI=1S/C21H16O6/c1-25-21(24)10-6-7-15-13(8-10)14-9-26-20-16(19(14)27-15)17(22)11-4-2-3-5-12(11)18(20)23/h2-8,14,16,19-20H,9H2,1H3/t14-,16?,19+,20?/m1/s1. The third-order valence-corrected chi connectivity index (χ3v) is 5.64. The molecule has 2 heterocycles. The van der Waals surface area contributed by atoms with E-state index in [0.717, 1.165) is 5.56 Å². The monoisotopic (exact) mass is 364 g/mol. The van der Waals surface area contributed by atoms with Crippen molar-refractivity contribution in [1.82, 2.24) is 0 Å². The molecule has 2 unspecified atom stereocenters. The molecule has 0 saturated carbocycles. The summed E-state index contributed by atoms with van der Waals surface area (Å²) in [5.41, 5.74) is 2.05. The van der Waals surface area contributed by atoms with E-state index in [-0.39, 0.29) is 24.1 Å². The van der Waals surface area contributed by atoms with Crippen LogP contribution in [0, 0.1) is 5.92 Å². The summed E-state index contributed by atoms with van der Waals surface area (Å²) in [4.78, 5) is 37.8. The van der Waals surface area contributed by atoms with Gasteiger partial charge in [0.25, 0.3) is 0 Å². The molecule has 3 aliphatic rings. The number of ketones is 2. The van der Waals surface area contributed by atoms with Crippen LogP contribution < -0.4 is 4.74 Å². The highest BCUT2D eigenvalue weighted by Gasteiger charge is 2.55. The second kappa shape index (κ2) is 5.76. The lowest BCUT2D eigenvalue weighted by molar-refractivity contribution is -0.0593. The van der Waals surface area contributed by atoms with Gasteiger partial charge in [-0.15, -0.1) is 0 Å². The fraction of sp³-hybridized carbons (Fsp3) is 0.286. The van der Waals surface area contributed by atoms with Gasteiger partial charge in [0, 0.05) is 22.6 Å². The number of esters is 1. The van der Waals surface area contributed by atoms with Gasteiger partial charge in [0.05, 0.1) is 25.2 Å². The number of methoxy groups -OCH3 is 1. The molecule has 2 aromatic rings. The van der Waals surface area contributed by atoms with Crippen molar-refractivity contribution in [2.75, 3.05) is 13.7 Å². The number of Topliss-reactive ketones (excluding diaryl/α,β-unsaturated/α-hetero) is 2. The molecule has 0 aromatic heterocycles. The maximum absolute atomic E-state index is 13.1. The van der Waals surface area contributed by atoms with Crippen LogP contribution >= 0.6 is 0 Å². The van der Waals surface area contributed by atoms with Gasteiger partial charge >= 0.3 is 5.97 Å². The minimum Gasteiger partial charge on any atom is -0.489 e. The maximum atomic E-state index is 13.1. The van der Waals surface area contributed by atoms with E-state index in [4.69, 9.17) is 14.2 Å². The van der Waals surface area contributed by atoms with Crippen molar-refractivity contribution in [3.63, 3.8) is 0 Å². The van der Waals surface area contributed by atoms with Crippen LogP contribution in [0.4, 0.5) is 0 Å². The van der Waals surface area contributed by atoms with E-state index in [1.165, 1.54) is 7.11 Å².